The molecular formula is C12H9BrCl2N2O2S. The summed E-state index contributed by atoms with van der Waals surface area (Å²) >= 11 is 15.1. The van der Waals surface area contributed by atoms with Crippen LogP contribution in [-0.2, 0) is 10.0 Å². The van der Waals surface area contributed by atoms with Crippen molar-refractivity contribution < 1.29 is 8.42 Å². The quantitative estimate of drug-likeness (QED) is 0.767. The van der Waals surface area contributed by atoms with Gasteiger partial charge in [-0.1, -0.05) is 39.1 Å². The maximum atomic E-state index is 12.3. The van der Waals surface area contributed by atoms with Gasteiger partial charge in [-0.05, 0) is 36.4 Å². The zero-order valence-electron chi connectivity index (χ0n) is 9.90. The van der Waals surface area contributed by atoms with Gasteiger partial charge in [0, 0.05) is 10.2 Å². The summed E-state index contributed by atoms with van der Waals surface area (Å²) in [4.78, 5) is -0.0989. The lowest BCUT2D eigenvalue weighted by Gasteiger charge is -2.11. The fraction of sp³-hybridized carbons (Fsp3) is 0. The molecule has 2 aromatic rings. The highest BCUT2D eigenvalue weighted by molar-refractivity contribution is 9.10. The van der Waals surface area contributed by atoms with E-state index in [1.807, 2.05) is 0 Å². The molecule has 0 saturated carbocycles. The highest BCUT2D eigenvalue weighted by Crippen LogP contribution is 2.30. The Morgan fingerprint density at radius 2 is 1.75 bits per heavy atom. The van der Waals surface area contributed by atoms with E-state index in [0.29, 0.717) is 5.69 Å². The van der Waals surface area contributed by atoms with E-state index in [4.69, 9.17) is 28.9 Å². The molecule has 4 nitrogen and oxygen atoms in total. The maximum absolute atomic E-state index is 12.3. The van der Waals surface area contributed by atoms with Crippen LogP contribution in [0.15, 0.2) is 45.8 Å². The molecule has 3 N–H and O–H groups in total. The first kappa shape index (κ1) is 15.4. The fourth-order valence-corrected chi connectivity index (χ4v) is 3.89. The highest BCUT2D eigenvalue weighted by atomic mass is 79.9. The topological polar surface area (TPSA) is 72.2 Å². The number of hydrogen-bond donors (Lipinski definition) is 2. The molecule has 8 heteroatoms. The summed E-state index contributed by atoms with van der Waals surface area (Å²) in [5.41, 5.74) is 6.14. The summed E-state index contributed by atoms with van der Waals surface area (Å²) in [6, 6.07) is 9.04. The van der Waals surface area contributed by atoms with Gasteiger partial charge < -0.3 is 5.73 Å². The number of nitrogen functional groups attached to an aromatic ring is 1. The first-order valence-electron chi connectivity index (χ1n) is 5.32. The third-order valence-corrected chi connectivity index (χ3v) is 5.07. The Morgan fingerprint density at radius 3 is 2.40 bits per heavy atom. The van der Waals surface area contributed by atoms with Gasteiger partial charge in [0.25, 0.3) is 10.0 Å². The predicted octanol–water partition coefficient (Wildman–Crippen LogP) is 4.14. The summed E-state index contributed by atoms with van der Waals surface area (Å²) < 4.78 is 27.7. The molecule has 2 rings (SSSR count). The number of anilines is 2. The zero-order chi connectivity index (χ0) is 14.9. The van der Waals surface area contributed by atoms with Gasteiger partial charge in [0.2, 0.25) is 0 Å². The van der Waals surface area contributed by atoms with E-state index in [-0.39, 0.29) is 20.6 Å². The Morgan fingerprint density at radius 1 is 1.05 bits per heavy atom. The van der Waals surface area contributed by atoms with Crippen LogP contribution >= 0.6 is 39.1 Å². The Bertz CT molecular complexity index is 766. The number of halogens is 3. The third-order valence-electron chi connectivity index (χ3n) is 2.42. The van der Waals surface area contributed by atoms with Gasteiger partial charge in [-0.2, -0.15) is 0 Å². The minimum absolute atomic E-state index is 0.0833. The van der Waals surface area contributed by atoms with Crippen LogP contribution < -0.4 is 10.5 Å². The summed E-state index contributed by atoms with van der Waals surface area (Å²) in [6.45, 7) is 0. The van der Waals surface area contributed by atoms with E-state index in [2.05, 4.69) is 20.7 Å². The van der Waals surface area contributed by atoms with Crippen LogP contribution in [0.2, 0.25) is 10.0 Å². The molecule has 0 fully saturated rings. The number of hydrogen-bond acceptors (Lipinski definition) is 3. The second kappa shape index (κ2) is 5.81. The number of sulfonamides is 1. The minimum atomic E-state index is -3.86. The van der Waals surface area contributed by atoms with Crippen molar-refractivity contribution in [2.75, 3.05) is 10.5 Å². The van der Waals surface area contributed by atoms with E-state index in [1.54, 1.807) is 18.2 Å². The van der Waals surface area contributed by atoms with Crippen molar-refractivity contribution in [3.63, 3.8) is 0 Å². The van der Waals surface area contributed by atoms with Crippen molar-refractivity contribution in [2.24, 2.45) is 0 Å². The van der Waals surface area contributed by atoms with Crippen molar-refractivity contribution in [1.29, 1.82) is 0 Å². The van der Waals surface area contributed by atoms with Crippen LogP contribution in [0.3, 0.4) is 0 Å². The molecule has 2 aromatic carbocycles. The Kier molecular flexibility index (Phi) is 4.49. The summed E-state index contributed by atoms with van der Waals surface area (Å²) in [5, 5.41) is 0.350. The summed E-state index contributed by atoms with van der Waals surface area (Å²) in [7, 11) is -3.86. The molecule has 0 saturated heterocycles. The molecule has 0 spiro atoms. The van der Waals surface area contributed by atoms with E-state index < -0.39 is 10.0 Å². The average Bonchev–Trinajstić information content (AvgIpc) is 2.35. The van der Waals surface area contributed by atoms with Crippen LogP contribution in [0.5, 0.6) is 0 Å². The number of nitrogens with one attached hydrogen (secondary N) is 1. The van der Waals surface area contributed by atoms with Gasteiger partial charge in [0.15, 0.2) is 0 Å². The minimum Gasteiger partial charge on any atom is -0.399 e. The molecular weight excluding hydrogens is 387 g/mol. The van der Waals surface area contributed by atoms with Crippen LogP contribution in [0, 0.1) is 0 Å². The molecule has 20 heavy (non-hydrogen) atoms. The molecule has 0 aliphatic carbocycles. The SMILES string of the molecule is Nc1ccc(Cl)c(S(=O)(=O)Nc2ccc(Br)cc2Cl)c1. The molecule has 0 unspecified atom stereocenters. The lowest BCUT2D eigenvalue weighted by atomic mass is 10.3. The van der Waals surface area contributed by atoms with Crippen LogP contribution in [0.25, 0.3) is 0 Å². The Hall–Kier alpha value is -0.950. The van der Waals surface area contributed by atoms with Gasteiger partial charge in [0.05, 0.1) is 15.7 Å². The van der Waals surface area contributed by atoms with Crippen molar-refractivity contribution in [3.05, 3.63) is 50.9 Å². The van der Waals surface area contributed by atoms with E-state index in [0.717, 1.165) is 4.47 Å². The molecule has 0 bridgehead atoms. The summed E-state index contributed by atoms with van der Waals surface area (Å²) in [5.74, 6) is 0. The highest BCUT2D eigenvalue weighted by Gasteiger charge is 2.19. The van der Waals surface area contributed by atoms with E-state index in [1.165, 1.54) is 18.2 Å². The van der Waals surface area contributed by atoms with E-state index >= 15 is 0 Å². The summed E-state index contributed by atoms with van der Waals surface area (Å²) in [6.07, 6.45) is 0. The molecule has 0 radical (unpaired) electrons. The molecule has 0 amide bonds. The molecule has 0 atom stereocenters. The van der Waals surface area contributed by atoms with Crippen LogP contribution in [-0.4, -0.2) is 8.42 Å². The number of nitrogens with two attached hydrogens (primary N) is 1. The molecule has 0 aliphatic rings. The monoisotopic (exact) mass is 394 g/mol. The second-order valence-electron chi connectivity index (χ2n) is 3.92. The lowest BCUT2D eigenvalue weighted by Crippen LogP contribution is -2.14. The number of benzene rings is 2. The largest absolute Gasteiger partial charge is 0.399 e. The molecule has 0 heterocycles. The van der Waals surface area contributed by atoms with Crippen molar-refractivity contribution in [3.8, 4) is 0 Å². The molecule has 106 valence electrons. The maximum Gasteiger partial charge on any atom is 0.263 e. The average molecular weight is 396 g/mol. The van der Waals surface area contributed by atoms with Crippen molar-refractivity contribution >= 4 is 60.5 Å². The Labute approximate surface area is 135 Å². The standard InChI is InChI=1S/C12H9BrCl2N2O2S/c13-7-1-4-11(10(15)5-7)17-20(18,19)12-6-8(16)2-3-9(12)14/h1-6,17H,16H2. The third kappa shape index (κ3) is 3.38. The second-order valence-corrected chi connectivity index (χ2v) is 7.30. The van der Waals surface area contributed by atoms with Gasteiger partial charge in [-0.15, -0.1) is 0 Å². The van der Waals surface area contributed by atoms with Gasteiger partial charge >= 0.3 is 0 Å². The first-order chi connectivity index (χ1) is 9.29. The normalized spacial score (nSPS) is 11.3. The van der Waals surface area contributed by atoms with Crippen molar-refractivity contribution in [2.45, 2.75) is 4.90 Å². The van der Waals surface area contributed by atoms with Gasteiger partial charge in [-0.3, -0.25) is 4.72 Å². The van der Waals surface area contributed by atoms with E-state index in [9.17, 15) is 8.42 Å². The van der Waals surface area contributed by atoms with Crippen molar-refractivity contribution in [1.82, 2.24) is 0 Å². The molecule has 0 aromatic heterocycles. The van der Waals surface area contributed by atoms with Crippen LogP contribution in [0.1, 0.15) is 0 Å². The Balaban J connectivity index is 2.43. The van der Waals surface area contributed by atoms with Gasteiger partial charge in [0.1, 0.15) is 4.90 Å². The smallest absolute Gasteiger partial charge is 0.263 e. The lowest BCUT2D eigenvalue weighted by molar-refractivity contribution is 0.601. The fourth-order valence-electron chi connectivity index (χ4n) is 1.50. The first-order valence-corrected chi connectivity index (χ1v) is 8.36. The predicted molar refractivity (Wildman–Crippen MR) is 85.8 cm³/mol. The number of rotatable bonds is 3. The van der Waals surface area contributed by atoms with Crippen LogP contribution in [0.4, 0.5) is 11.4 Å². The molecule has 0 aliphatic heterocycles. The van der Waals surface area contributed by atoms with Gasteiger partial charge in [-0.25, -0.2) is 8.42 Å². The zero-order valence-corrected chi connectivity index (χ0v) is 13.8.